The Morgan fingerprint density at radius 2 is 2.40 bits per heavy atom. The summed E-state index contributed by atoms with van der Waals surface area (Å²) in [5.74, 6) is 0.990. The fourth-order valence-corrected chi connectivity index (χ4v) is 2.52. The minimum Gasteiger partial charge on any atom is -0.469 e. The molecule has 0 spiro atoms. The number of nitrogen functional groups attached to an aromatic ring is 1. The number of nitrogens with one attached hydrogen (secondary N) is 2. The minimum absolute atomic E-state index is 0.0344. The molecule has 2 heterocycles. The molecule has 108 valence electrons. The van der Waals surface area contributed by atoms with Crippen molar-refractivity contribution in [3.05, 3.63) is 29.0 Å². The lowest BCUT2D eigenvalue weighted by atomic mass is 10.1. The Labute approximate surface area is 121 Å². The molecule has 0 bridgehead atoms. The van der Waals surface area contributed by atoms with E-state index in [0.29, 0.717) is 10.0 Å². The summed E-state index contributed by atoms with van der Waals surface area (Å²) < 4.78 is 5.26. The third-order valence-corrected chi connectivity index (χ3v) is 3.94. The van der Waals surface area contributed by atoms with Gasteiger partial charge in [-0.15, -0.1) is 0 Å². The number of carbonyl (C=O) groups is 1. The van der Waals surface area contributed by atoms with E-state index in [-0.39, 0.29) is 17.8 Å². The van der Waals surface area contributed by atoms with Gasteiger partial charge in [0.2, 0.25) is 0 Å². The molecule has 2 aromatic heterocycles. The Morgan fingerprint density at radius 1 is 1.60 bits per heavy atom. The zero-order chi connectivity index (χ0) is 14.5. The third kappa shape index (κ3) is 3.51. The Morgan fingerprint density at radius 3 is 3.00 bits per heavy atom. The number of carbonyl (C=O) groups excluding carboxylic acids is 1. The van der Waals surface area contributed by atoms with Crippen molar-refractivity contribution in [2.24, 2.45) is 0 Å². The van der Waals surface area contributed by atoms with Crippen molar-refractivity contribution >= 4 is 28.2 Å². The summed E-state index contributed by atoms with van der Waals surface area (Å²) in [5.41, 5.74) is 5.73. The number of nitrogens with zero attached hydrogens (tertiary/aromatic N) is 1. The number of furan rings is 1. The highest BCUT2D eigenvalue weighted by atomic mass is 32.1. The summed E-state index contributed by atoms with van der Waals surface area (Å²) in [6.07, 6.45) is 3.24. The van der Waals surface area contributed by atoms with E-state index in [9.17, 15) is 4.79 Å². The predicted octanol–water partition coefficient (Wildman–Crippen LogP) is 2.11. The van der Waals surface area contributed by atoms with E-state index in [2.05, 4.69) is 15.6 Å². The fraction of sp³-hybridized carbons (Fsp3) is 0.385. The maximum atomic E-state index is 12.1. The molecule has 0 aliphatic rings. The first-order chi connectivity index (χ1) is 9.60. The van der Waals surface area contributed by atoms with Crippen LogP contribution in [0.1, 0.15) is 28.8 Å². The predicted molar refractivity (Wildman–Crippen MR) is 80.0 cm³/mol. The van der Waals surface area contributed by atoms with Gasteiger partial charge in [-0.05, 0) is 25.5 Å². The van der Waals surface area contributed by atoms with Crippen LogP contribution in [0.15, 0.2) is 22.8 Å². The highest BCUT2D eigenvalue weighted by Crippen LogP contribution is 2.24. The molecule has 0 aliphatic heterocycles. The summed E-state index contributed by atoms with van der Waals surface area (Å²) in [4.78, 5) is 16.6. The van der Waals surface area contributed by atoms with E-state index in [0.717, 1.165) is 18.6 Å². The van der Waals surface area contributed by atoms with Gasteiger partial charge in [-0.3, -0.25) is 4.79 Å². The van der Waals surface area contributed by atoms with E-state index in [1.165, 1.54) is 11.3 Å². The first-order valence-corrected chi connectivity index (χ1v) is 7.19. The van der Waals surface area contributed by atoms with Crippen molar-refractivity contribution in [1.29, 1.82) is 0 Å². The van der Waals surface area contributed by atoms with Crippen LogP contribution in [0, 0.1) is 0 Å². The van der Waals surface area contributed by atoms with Crippen LogP contribution in [-0.4, -0.2) is 24.0 Å². The number of aryl methyl sites for hydroxylation is 1. The Kier molecular flexibility index (Phi) is 4.62. The van der Waals surface area contributed by atoms with Gasteiger partial charge in [-0.1, -0.05) is 11.3 Å². The highest BCUT2D eigenvalue weighted by Gasteiger charge is 2.17. The molecule has 20 heavy (non-hydrogen) atoms. The molecule has 4 N–H and O–H groups in total. The normalized spacial score (nSPS) is 12.1. The van der Waals surface area contributed by atoms with Crippen LogP contribution in [0.5, 0.6) is 0 Å². The summed E-state index contributed by atoms with van der Waals surface area (Å²) in [6, 6.07) is 3.82. The molecular weight excluding hydrogens is 276 g/mol. The van der Waals surface area contributed by atoms with Crippen molar-refractivity contribution < 1.29 is 9.21 Å². The number of amides is 1. The van der Waals surface area contributed by atoms with E-state index in [1.54, 1.807) is 13.3 Å². The maximum absolute atomic E-state index is 12.1. The molecule has 0 aliphatic carbocycles. The highest BCUT2D eigenvalue weighted by molar-refractivity contribution is 7.18. The number of rotatable bonds is 6. The maximum Gasteiger partial charge on any atom is 0.265 e. The Bertz CT molecular complexity index is 565. The molecule has 0 fully saturated rings. The van der Waals surface area contributed by atoms with Crippen LogP contribution in [0.3, 0.4) is 0 Å². The van der Waals surface area contributed by atoms with Gasteiger partial charge >= 0.3 is 0 Å². The zero-order valence-electron chi connectivity index (χ0n) is 11.5. The molecule has 1 amide bonds. The van der Waals surface area contributed by atoms with Gasteiger partial charge in [0, 0.05) is 19.5 Å². The van der Waals surface area contributed by atoms with Gasteiger partial charge in [-0.2, -0.15) is 0 Å². The molecule has 1 unspecified atom stereocenters. The number of nitrogens with two attached hydrogens (primary N) is 1. The summed E-state index contributed by atoms with van der Waals surface area (Å²) in [7, 11) is 1.74. The summed E-state index contributed by atoms with van der Waals surface area (Å²) >= 11 is 1.25. The molecule has 2 aromatic rings. The largest absolute Gasteiger partial charge is 0.469 e. The molecule has 0 saturated heterocycles. The second-order valence-corrected chi connectivity index (χ2v) is 5.48. The van der Waals surface area contributed by atoms with E-state index in [1.807, 2.05) is 19.1 Å². The zero-order valence-corrected chi connectivity index (χ0v) is 12.3. The van der Waals surface area contributed by atoms with Crippen LogP contribution in [0.2, 0.25) is 0 Å². The number of anilines is 2. The topological polar surface area (TPSA) is 93.2 Å². The number of aromatic nitrogens is 1. The van der Waals surface area contributed by atoms with Gasteiger partial charge < -0.3 is 20.8 Å². The van der Waals surface area contributed by atoms with Gasteiger partial charge in [0.05, 0.1) is 6.26 Å². The van der Waals surface area contributed by atoms with Crippen molar-refractivity contribution in [1.82, 2.24) is 10.3 Å². The quantitative estimate of drug-likeness (QED) is 0.758. The van der Waals surface area contributed by atoms with Crippen LogP contribution in [0.4, 0.5) is 10.9 Å². The molecule has 1 atom stereocenters. The smallest absolute Gasteiger partial charge is 0.265 e. The molecule has 0 saturated carbocycles. The Balaban J connectivity index is 1.88. The van der Waals surface area contributed by atoms with E-state index >= 15 is 0 Å². The van der Waals surface area contributed by atoms with Crippen molar-refractivity contribution in [3.8, 4) is 0 Å². The number of hydrogen-bond acceptors (Lipinski definition) is 6. The SMILES string of the molecule is CNc1nc(N)c(C(=O)NC(C)CCc2ccco2)s1. The molecule has 2 rings (SSSR count). The van der Waals surface area contributed by atoms with Crippen LogP contribution in [0.25, 0.3) is 0 Å². The van der Waals surface area contributed by atoms with Gasteiger partial charge in [0.15, 0.2) is 5.13 Å². The first kappa shape index (κ1) is 14.4. The number of thiazole rings is 1. The van der Waals surface area contributed by atoms with Crippen molar-refractivity contribution in [3.63, 3.8) is 0 Å². The van der Waals surface area contributed by atoms with E-state index in [4.69, 9.17) is 10.2 Å². The summed E-state index contributed by atoms with van der Waals surface area (Å²) in [5, 5.41) is 6.43. The lowest BCUT2D eigenvalue weighted by Gasteiger charge is -2.12. The van der Waals surface area contributed by atoms with Gasteiger partial charge in [-0.25, -0.2) is 4.98 Å². The molecule has 6 nitrogen and oxygen atoms in total. The van der Waals surface area contributed by atoms with Crippen molar-refractivity contribution in [2.45, 2.75) is 25.8 Å². The Hall–Kier alpha value is -2.02. The standard InChI is InChI=1S/C13H18N4O2S/c1-8(5-6-9-4-3-7-19-9)16-12(18)10-11(14)17-13(15-2)20-10/h3-4,7-8H,5-6,14H2,1-2H3,(H,15,17)(H,16,18). The molecule has 0 aromatic carbocycles. The van der Waals surface area contributed by atoms with Gasteiger partial charge in [0.25, 0.3) is 5.91 Å². The van der Waals surface area contributed by atoms with Crippen LogP contribution < -0.4 is 16.4 Å². The monoisotopic (exact) mass is 294 g/mol. The van der Waals surface area contributed by atoms with Crippen molar-refractivity contribution in [2.75, 3.05) is 18.1 Å². The molecule has 7 heteroatoms. The average molecular weight is 294 g/mol. The lowest BCUT2D eigenvalue weighted by molar-refractivity contribution is 0.0943. The second kappa shape index (κ2) is 6.42. The summed E-state index contributed by atoms with van der Waals surface area (Å²) in [6.45, 7) is 1.96. The van der Waals surface area contributed by atoms with Crippen LogP contribution in [-0.2, 0) is 6.42 Å². The lowest BCUT2D eigenvalue weighted by Crippen LogP contribution is -2.32. The molecule has 0 radical (unpaired) electrons. The molecular formula is C13H18N4O2S. The van der Waals surface area contributed by atoms with Gasteiger partial charge in [0.1, 0.15) is 16.5 Å². The van der Waals surface area contributed by atoms with Crippen LogP contribution >= 0.6 is 11.3 Å². The minimum atomic E-state index is -0.187. The second-order valence-electron chi connectivity index (χ2n) is 4.48. The van der Waals surface area contributed by atoms with E-state index < -0.39 is 0 Å². The first-order valence-electron chi connectivity index (χ1n) is 6.37. The number of hydrogen-bond donors (Lipinski definition) is 3. The average Bonchev–Trinajstić information content (AvgIpc) is 3.05. The third-order valence-electron chi connectivity index (χ3n) is 2.85. The fourth-order valence-electron chi connectivity index (χ4n) is 1.78.